The van der Waals surface area contributed by atoms with Gasteiger partial charge in [0.25, 0.3) is 0 Å². The number of ether oxygens (including phenoxy) is 2. The Morgan fingerprint density at radius 2 is 0.969 bits per heavy atom. The first-order valence-electron chi connectivity index (χ1n) is 11.1. The van der Waals surface area contributed by atoms with Crippen LogP contribution in [-0.4, -0.2) is 11.9 Å². The number of carbonyl (C=O) groups excluding carboxylic acids is 2. The Morgan fingerprint density at radius 3 is 1.34 bits per heavy atom. The molecule has 0 saturated carbocycles. The van der Waals surface area contributed by atoms with Crippen LogP contribution in [0, 0.1) is 0 Å². The van der Waals surface area contributed by atoms with Gasteiger partial charge >= 0.3 is 11.9 Å². The molecule has 32 heavy (non-hydrogen) atoms. The molecule has 0 spiro atoms. The molecule has 0 amide bonds. The predicted octanol–water partition coefficient (Wildman–Crippen LogP) is 5.05. The molecule has 0 aromatic heterocycles. The van der Waals surface area contributed by atoms with Crippen LogP contribution < -0.4 is 20.3 Å². The van der Waals surface area contributed by atoms with E-state index in [9.17, 15) is 19.2 Å². The molecule has 6 nitrogen and oxygen atoms in total. The summed E-state index contributed by atoms with van der Waals surface area (Å²) >= 11 is 0. The fourth-order valence-corrected chi connectivity index (χ4v) is 3.04. The molecule has 0 radical (unpaired) electrons. The Kier molecular flexibility index (Phi) is 10.3. The van der Waals surface area contributed by atoms with Crippen molar-refractivity contribution in [1.82, 2.24) is 0 Å². The monoisotopic (exact) mass is 438 g/mol. The van der Waals surface area contributed by atoms with Gasteiger partial charge in [0.1, 0.15) is 0 Å². The van der Waals surface area contributed by atoms with Crippen molar-refractivity contribution in [3.05, 3.63) is 69.0 Å². The van der Waals surface area contributed by atoms with Gasteiger partial charge in [0.2, 0.25) is 10.9 Å². The van der Waals surface area contributed by atoms with E-state index in [1.807, 2.05) is 13.8 Å². The molecule has 0 unspecified atom stereocenters. The maximum absolute atomic E-state index is 12.3. The molecule has 0 atom stereocenters. The molecule has 2 aromatic carbocycles. The summed E-state index contributed by atoms with van der Waals surface area (Å²) in [6.07, 6.45) is 5.79. The maximum Gasteiger partial charge on any atom is 0.311 e. The van der Waals surface area contributed by atoms with Crippen LogP contribution in [0.1, 0.15) is 65.2 Å². The number of esters is 2. The molecule has 0 saturated heterocycles. The third-order valence-corrected chi connectivity index (χ3v) is 4.89. The lowest BCUT2D eigenvalue weighted by molar-refractivity contribution is -0.135. The van der Waals surface area contributed by atoms with Gasteiger partial charge in [0.15, 0.2) is 11.5 Å². The molecular weight excluding hydrogens is 408 g/mol. The minimum absolute atomic E-state index is 0.0377. The van der Waals surface area contributed by atoms with E-state index < -0.39 is 22.8 Å². The zero-order valence-electron chi connectivity index (χ0n) is 18.7. The van der Waals surface area contributed by atoms with Gasteiger partial charge in [-0.05, 0) is 48.2 Å². The van der Waals surface area contributed by atoms with Crippen molar-refractivity contribution >= 4 is 11.9 Å². The van der Waals surface area contributed by atoms with E-state index >= 15 is 0 Å². The minimum Gasteiger partial charge on any atom is -0.422 e. The highest BCUT2D eigenvalue weighted by molar-refractivity contribution is 5.73. The topological polar surface area (TPSA) is 86.7 Å². The maximum atomic E-state index is 12.3. The van der Waals surface area contributed by atoms with Crippen molar-refractivity contribution in [1.29, 1.82) is 0 Å². The predicted molar refractivity (Wildman–Crippen MR) is 124 cm³/mol. The quantitative estimate of drug-likeness (QED) is 0.361. The van der Waals surface area contributed by atoms with E-state index in [0.29, 0.717) is 11.1 Å². The molecule has 0 N–H and O–H groups in total. The standard InChI is InChI=1S/C26H30O6/c1-3-5-7-9-25(29)31-23-17-13-19(11-15-21(23)27)20-12-16-22(28)24(18-14-20)32-26(30)10-8-6-4-2/h11-18H,3-10H2,1-2H3. The molecule has 0 aliphatic heterocycles. The van der Waals surface area contributed by atoms with E-state index in [4.69, 9.17) is 9.47 Å². The molecule has 0 bridgehead atoms. The smallest absolute Gasteiger partial charge is 0.311 e. The van der Waals surface area contributed by atoms with E-state index in [1.54, 1.807) is 24.3 Å². The van der Waals surface area contributed by atoms with Crippen molar-refractivity contribution in [3.8, 4) is 22.6 Å². The van der Waals surface area contributed by atoms with Crippen LogP contribution in [0.15, 0.2) is 58.1 Å². The fourth-order valence-electron chi connectivity index (χ4n) is 3.04. The Bertz CT molecular complexity index is 960. The van der Waals surface area contributed by atoms with Crippen LogP contribution >= 0.6 is 0 Å². The fraction of sp³-hybridized carbons (Fsp3) is 0.385. The molecule has 0 aliphatic rings. The number of carbonyl (C=O) groups is 2. The Labute approximate surface area is 188 Å². The zero-order valence-corrected chi connectivity index (χ0v) is 18.7. The first-order chi connectivity index (χ1) is 15.4. The third kappa shape index (κ3) is 8.10. The largest absolute Gasteiger partial charge is 0.422 e. The molecule has 0 fully saturated rings. The van der Waals surface area contributed by atoms with Crippen LogP contribution in [0.5, 0.6) is 11.5 Å². The van der Waals surface area contributed by atoms with Gasteiger partial charge in [0, 0.05) is 12.8 Å². The van der Waals surface area contributed by atoms with Crippen LogP contribution in [0.25, 0.3) is 11.1 Å². The van der Waals surface area contributed by atoms with Gasteiger partial charge < -0.3 is 9.47 Å². The van der Waals surface area contributed by atoms with Gasteiger partial charge in [-0.1, -0.05) is 63.8 Å². The second kappa shape index (κ2) is 13.2. The molecular formula is C26H30O6. The summed E-state index contributed by atoms with van der Waals surface area (Å²) in [6.45, 7) is 4.08. The highest BCUT2D eigenvalue weighted by Gasteiger charge is 2.09. The zero-order chi connectivity index (χ0) is 23.3. The lowest BCUT2D eigenvalue weighted by atomic mass is 10.1. The molecule has 0 aliphatic carbocycles. The average molecular weight is 439 g/mol. The van der Waals surface area contributed by atoms with Crippen LogP contribution in [-0.2, 0) is 9.59 Å². The summed E-state index contributed by atoms with van der Waals surface area (Å²) in [6, 6.07) is 12.0. The second-order valence-electron chi connectivity index (χ2n) is 7.56. The Hall–Kier alpha value is -3.28. The Morgan fingerprint density at radius 1 is 0.594 bits per heavy atom. The van der Waals surface area contributed by atoms with Crippen LogP contribution in [0.2, 0.25) is 0 Å². The summed E-state index contributed by atoms with van der Waals surface area (Å²) < 4.78 is 10.4. The molecule has 6 heteroatoms. The van der Waals surface area contributed by atoms with Gasteiger partial charge in [0.05, 0.1) is 0 Å². The van der Waals surface area contributed by atoms with Crippen LogP contribution in [0.3, 0.4) is 0 Å². The minimum atomic E-state index is -0.434. The number of rotatable bonds is 11. The molecule has 2 rings (SSSR count). The molecule has 170 valence electrons. The van der Waals surface area contributed by atoms with Gasteiger partial charge in [-0.15, -0.1) is 0 Å². The summed E-state index contributed by atoms with van der Waals surface area (Å²) in [5.41, 5.74) is 0.468. The van der Waals surface area contributed by atoms with E-state index in [-0.39, 0.29) is 24.3 Å². The van der Waals surface area contributed by atoms with Crippen molar-refractivity contribution in [2.75, 3.05) is 0 Å². The Balaban J connectivity index is 2.19. The van der Waals surface area contributed by atoms with Gasteiger partial charge in [-0.2, -0.15) is 0 Å². The van der Waals surface area contributed by atoms with Gasteiger partial charge in [-0.3, -0.25) is 19.2 Å². The first kappa shape index (κ1) is 25.0. The second-order valence-corrected chi connectivity index (χ2v) is 7.56. The van der Waals surface area contributed by atoms with Crippen molar-refractivity contribution < 1.29 is 19.1 Å². The van der Waals surface area contributed by atoms with Gasteiger partial charge in [-0.25, -0.2) is 0 Å². The summed E-state index contributed by atoms with van der Waals surface area (Å²) in [7, 11) is 0. The lowest BCUT2D eigenvalue weighted by Crippen LogP contribution is -2.12. The average Bonchev–Trinajstić information content (AvgIpc) is 3.05. The number of unbranched alkanes of at least 4 members (excludes halogenated alkanes) is 4. The number of hydrogen-bond acceptors (Lipinski definition) is 6. The lowest BCUT2D eigenvalue weighted by Gasteiger charge is -2.01. The highest BCUT2D eigenvalue weighted by Crippen LogP contribution is 2.19. The van der Waals surface area contributed by atoms with Crippen molar-refractivity contribution in [2.24, 2.45) is 0 Å². The SMILES string of the molecule is CCCCCC(=O)Oc1ccc(-c2ccc(OC(=O)CCCCC)c(=O)cc2)ccc1=O. The summed E-state index contributed by atoms with van der Waals surface area (Å²) in [5, 5.41) is 0. The number of hydrogen-bond donors (Lipinski definition) is 0. The molecule has 2 aromatic rings. The normalized spacial score (nSPS) is 10.4. The third-order valence-electron chi connectivity index (χ3n) is 4.89. The van der Waals surface area contributed by atoms with Crippen molar-refractivity contribution in [3.63, 3.8) is 0 Å². The van der Waals surface area contributed by atoms with E-state index in [1.165, 1.54) is 24.3 Å². The summed E-state index contributed by atoms with van der Waals surface area (Å²) in [5.74, 6) is -0.944. The van der Waals surface area contributed by atoms with Crippen molar-refractivity contribution in [2.45, 2.75) is 65.2 Å². The summed E-state index contributed by atoms with van der Waals surface area (Å²) in [4.78, 5) is 48.5. The van der Waals surface area contributed by atoms with Crippen LogP contribution in [0.4, 0.5) is 0 Å². The van der Waals surface area contributed by atoms with E-state index in [0.717, 1.165) is 38.5 Å². The molecule has 0 heterocycles. The first-order valence-corrected chi connectivity index (χ1v) is 11.1. The van der Waals surface area contributed by atoms with E-state index in [2.05, 4.69) is 0 Å². The highest BCUT2D eigenvalue weighted by atomic mass is 16.5.